The third kappa shape index (κ3) is 24.5. The molecule has 0 aromatic carbocycles. The van der Waals surface area contributed by atoms with Gasteiger partial charge in [0.1, 0.15) is 6.29 Å². The van der Waals surface area contributed by atoms with Crippen molar-refractivity contribution in [1.82, 2.24) is 0 Å². The summed E-state index contributed by atoms with van der Waals surface area (Å²) in [5.74, 6) is 0. The van der Waals surface area contributed by atoms with Gasteiger partial charge >= 0.3 is 15.9 Å². The minimum absolute atomic E-state index is 0.0652. The average molecular weight is 233 g/mol. The highest BCUT2D eigenvalue weighted by Gasteiger charge is 2.10. The lowest BCUT2D eigenvalue weighted by Crippen LogP contribution is -1.86. The number of carbonyl (C=O) groups is 1. The summed E-state index contributed by atoms with van der Waals surface area (Å²) in [6, 6.07) is 0. The largest absolute Gasteiger partial charge is 0.694 e. The highest BCUT2D eigenvalue weighted by molar-refractivity contribution is 7.51. The van der Waals surface area contributed by atoms with Crippen LogP contribution in [0.4, 0.5) is 0 Å². The van der Waals surface area contributed by atoms with Gasteiger partial charge in [-0.15, -0.1) is 9.42 Å². The van der Waals surface area contributed by atoms with Crippen LogP contribution in [0, 0.1) is 0 Å². The van der Waals surface area contributed by atoms with Gasteiger partial charge in [0, 0.05) is 11.0 Å². The summed E-state index contributed by atoms with van der Waals surface area (Å²) in [7, 11) is -5.10. The summed E-state index contributed by atoms with van der Waals surface area (Å²) in [4.78, 5) is 33.4. The lowest BCUT2D eigenvalue weighted by atomic mass is 10.6. The fourth-order valence-corrected chi connectivity index (χ4v) is 0.663. The Kier molecular flexibility index (Phi) is 9.94. The third-order valence-electron chi connectivity index (χ3n) is 0.694. The van der Waals surface area contributed by atoms with Crippen LogP contribution >= 0.6 is 15.9 Å². The van der Waals surface area contributed by atoms with E-state index in [1.165, 1.54) is 7.11 Å². The van der Waals surface area contributed by atoms with Crippen molar-refractivity contribution < 1.29 is 33.1 Å². The van der Waals surface area contributed by atoms with Crippen molar-refractivity contribution in [2.45, 2.75) is 6.42 Å². The molecule has 3 N–H and O–H groups in total. The number of hydrogen-bond donors (Lipinski definition) is 3. The first kappa shape index (κ1) is 15.3. The Morgan fingerprint density at radius 3 is 2.00 bits per heavy atom. The standard InChI is InChI=1S/C3H7O4P.CH3O3P/c4-2-1-3-8(5,6)7;1-4-5(2)3/h2H,1,3H2,(H2,5,6,7);1H3/p+1. The van der Waals surface area contributed by atoms with E-state index in [0.717, 1.165) is 0 Å². The molecule has 0 spiro atoms. The highest BCUT2D eigenvalue weighted by Crippen LogP contribution is 2.34. The van der Waals surface area contributed by atoms with Gasteiger partial charge in [-0.3, -0.25) is 4.57 Å². The van der Waals surface area contributed by atoms with Crippen LogP contribution in [0.1, 0.15) is 6.42 Å². The molecule has 0 fully saturated rings. The zero-order valence-electron chi connectivity index (χ0n) is 6.86. The lowest BCUT2D eigenvalue weighted by molar-refractivity contribution is -0.107. The van der Waals surface area contributed by atoms with E-state index in [2.05, 4.69) is 4.52 Å². The highest BCUT2D eigenvalue weighted by atomic mass is 31.2. The molecular formula is C4H11O7P2+. The second kappa shape index (κ2) is 8.44. The molecule has 0 aliphatic rings. The molecule has 7 nitrogen and oxygen atoms in total. The van der Waals surface area contributed by atoms with Crippen LogP contribution in [0.5, 0.6) is 0 Å². The third-order valence-corrected chi connectivity index (χ3v) is 1.85. The normalized spacial score (nSPS) is 11.2. The van der Waals surface area contributed by atoms with Crippen molar-refractivity contribution in [2.24, 2.45) is 0 Å². The Hall–Kier alpha value is -0.160. The van der Waals surface area contributed by atoms with E-state index >= 15 is 0 Å². The van der Waals surface area contributed by atoms with Gasteiger partial charge in [0.05, 0.1) is 13.3 Å². The molecule has 9 heteroatoms. The van der Waals surface area contributed by atoms with Crippen LogP contribution in [-0.2, 0) is 18.4 Å². The van der Waals surface area contributed by atoms with Crippen LogP contribution in [0.25, 0.3) is 0 Å². The van der Waals surface area contributed by atoms with Crippen LogP contribution < -0.4 is 0 Å². The van der Waals surface area contributed by atoms with E-state index < -0.39 is 15.9 Å². The van der Waals surface area contributed by atoms with Gasteiger partial charge in [-0.2, -0.15) is 0 Å². The Bertz CT molecular complexity index is 197. The maximum absolute atomic E-state index is 9.93. The van der Waals surface area contributed by atoms with E-state index in [4.69, 9.17) is 14.7 Å². The second-order valence-corrected chi connectivity index (χ2v) is 4.38. The molecule has 0 bridgehead atoms. The van der Waals surface area contributed by atoms with Crippen molar-refractivity contribution in [1.29, 1.82) is 0 Å². The van der Waals surface area contributed by atoms with Crippen LogP contribution in [0.15, 0.2) is 0 Å². The number of aldehydes is 1. The molecule has 0 aromatic heterocycles. The summed E-state index contributed by atoms with van der Waals surface area (Å²) >= 11 is 0. The summed E-state index contributed by atoms with van der Waals surface area (Å²) in [5, 5.41) is 0. The SMILES string of the molecule is CO[P+](=O)O.O=CCCP(=O)(O)O. The molecule has 0 radical (unpaired) electrons. The number of rotatable bonds is 4. The summed E-state index contributed by atoms with van der Waals surface area (Å²) < 4.78 is 23.0. The van der Waals surface area contributed by atoms with Gasteiger partial charge in [-0.1, -0.05) is 0 Å². The summed E-state index contributed by atoms with van der Waals surface area (Å²) in [5.41, 5.74) is 0. The monoisotopic (exact) mass is 233 g/mol. The minimum atomic E-state index is -3.91. The first-order valence-corrected chi connectivity index (χ1v) is 5.94. The first-order chi connectivity index (χ1) is 5.83. The van der Waals surface area contributed by atoms with Gasteiger partial charge < -0.3 is 14.6 Å². The predicted octanol–water partition coefficient (Wildman–Crippen LogP) is 0.0356. The maximum atomic E-state index is 9.93. The predicted molar refractivity (Wildman–Crippen MR) is 44.4 cm³/mol. The Morgan fingerprint density at radius 2 is 1.92 bits per heavy atom. The number of carbonyl (C=O) groups excluding carboxylic acids is 1. The van der Waals surface area contributed by atoms with E-state index in [0.29, 0.717) is 6.29 Å². The molecule has 78 valence electrons. The van der Waals surface area contributed by atoms with E-state index in [-0.39, 0.29) is 12.6 Å². The maximum Gasteiger partial charge on any atom is 0.694 e. The van der Waals surface area contributed by atoms with Crippen molar-refractivity contribution in [3.05, 3.63) is 0 Å². The Balaban J connectivity index is 0. The van der Waals surface area contributed by atoms with Gasteiger partial charge in [0.2, 0.25) is 0 Å². The zero-order chi connectivity index (χ0) is 10.9. The molecule has 0 amide bonds. The van der Waals surface area contributed by atoms with Gasteiger partial charge in [-0.25, -0.2) is 0 Å². The van der Waals surface area contributed by atoms with Crippen molar-refractivity contribution in [3.63, 3.8) is 0 Å². The van der Waals surface area contributed by atoms with Crippen LogP contribution in [0.3, 0.4) is 0 Å². The molecule has 0 saturated heterocycles. The summed E-state index contributed by atoms with van der Waals surface area (Å²) in [6.45, 7) is 0. The molecule has 0 aliphatic heterocycles. The van der Waals surface area contributed by atoms with Gasteiger partial charge in [0.15, 0.2) is 0 Å². The average Bonchev–Trinajstić information content (AvgIpc) is 2.00. The fourth-order valence-electron chi connectivity index (χ4n) is 0.221. The van der Waals surface area contributed by atoms with Crippen molar-refractivity contribution in [3.8, 4) is 0 Å². The van der Waals surface area contributed by atoms with Gasteiger partial charge in [0.25, 0.3) is 0 Å². The topological polar surface area (TPSA) is 121 Å². The second-order valence-electron chi connectivity index (χ2n) is 1.76. The van der Waals surface area contributed by atoms with Gasteiger partial charge in [-0.05, 0) is 0 Å². The molecule has 0 rings (SSSR count). The van der Waals surface area contributed by atoms with Crippen molar-refractivity contribution in [2.75, 3.05) is 13.3 Å². The smallest absolute Gasteiger partial charge is 0.324 e. The molecule has 13 heavy (non-hydrogen) atoms. The molecular weight excluding hydrogens is 222 g/mol. The zero-order valence-corrected chi connectivity index (χ0v) is 8.65. The van der Waals surface area contributed by atoms with Crippen LogP contribution in [-0.4, -0.2) is 34.2 Å². The Morgan fingerprint density at radius 1 is 1.54 bits per heavy atom. The molecule has 0 aromatic rings. The fraction of sp³-hybridized carbons (Fsp3) is 0.750. The summed E-state index contributed by atoms with van der Waals surface area (Å²) in [6.07, 6.45) is 0.0832. The minimum Gasteiger partial charge on any atom is -0.324 e. The Labute approximate surface area is 75.8 Å². The molecule has 1 atom stereocenters. The molecule has 0 heterocycles. The molecule has 0 saturated carbocycles. The van der Waals surface area contributed by atoms with Crippen LogP contribution in [0.2, 0.25) is 0 Å². The van der Waals surface area contributed by atoms with E-state index in [1.807, 2.05) is 0 Å². The van der Waals surface area contributed by atoms with Crippen molar-refractivity contribution >= 4 is 22.1 Å². The molecule has 0 aliphatic carbocycles. The quantitative estimate of drug-likeness (QED) is 0.462. The number of hydrogen-bond acceptors (Lipinski definition) is 4. The molecule has 1 unspecified atom stereocenters. The first-order valence-electron chi connectivity index (χ1n) is 3.02. The van der Waals surface area contributed by atoms with E-state index in [1.54, 1.807) is 0 Å². The van der Waals surface area contributed by atoms with E-state index in [9.17, 15) is 13.9 Å². The lowest BCUT2D eigenvalue weighted by Gasteiger charge is -1.96.